The third-order valence-corrected chi connectivity index (χ3v) is 4.71. The number of esters is 1. The van der Waals surface area contributed by atoms with Crippen LogP contribution in [0.3, 0.4) is 0 Å². The molecule has 4 nitrogen and oxygen atoms in total. The fraction of sp³-hybridized carbons (Fsp3) is 0.250. The monoisotopic (exact) mass is 428 g/mol. The van der Waals surface area contributed by atoms with Crippen molar-refractivity contribution in [3.63, 3.8) is 0 Å². The molecular formula is C24H23F3N2O2. The van der Waals surface area contributed by atoms with Crippen LogP contribution >= 0.6 is 0 Å². The van der Waals surface area contributed by atoms with E-state index in [9.17, 15) is 18.0 Å². The number of methoxy groups -OCH3 is 1. The maximum atomic E-state index is 12.8. The Morgan fingerprint density at radius 2 is 1.68 bits per heavy atom. The lowest BCUT2D eigenvalue weighted by Gasteiger charge is -2.12. The van der Waals surface area contributed by atoms with E-state index < -0.39 is 11.7 Å². The fourth-order valence-electron chi connectivity index (χ4n) is 3.17. The first-order valence-electron chi connectivity index (χ1n) is 9.79. The molecule has 0 spiro atoms. The van der Waals surface area contributed by atoms with E-state index in [1.807, 2.05) is 30.3 Å². The average Bonchev–Trinajstić information content (AvgIpc) is 3.24. The van der Waals surface area contributed by atoms with Gasteiger partial charge in [0.15, 0.2) is 0 Å². The van der Waals surface area contributed by atoms with Crippen LogP contribution in [0.4, 0.5) is 13.2 Å². The lowest BCUT2D eigenvalue weighted by atomic mass is 9.94. The van der Waals surface area contributed by atoms with Crippen molar-refractivity contribution in [2.24, 2.45) is 5.92 Å². The van der Waals surface area contributed by atoms with Gasteiger partial charge < -0.3 is 4.74 Å². The number of ether oxygens (including phenoxy) is 1. The maximum Gasteiger partial charge on any atom is 0.419 e. The van der Waals surface area contributed by atoms with Crippen molar-refractivity contribution in [1.29, 1.82) is 0 Å². The maximum absolute atomic E-state index is 12.8. The van der Waals surface area contributed by atoms with E-state index >= 15 is 0 Å². The highest BCUT2D eigenvalue weighted by Gasteiger charge is 2.32. The van der Waals surface area contributed by atoms with Gasteiger partial charge in [-0.25, -0.2) is 9.48 Å². The molecule has 0 aliphatic rings. The molecule has 0 aliphatic carbocycles. The van der Waals surface area contributed by atoms with Gasteiger partial charge in [-0.2, -0.15) is 18.3 Å². The van der Waals surface area contributed by atoms with Crippen LogP contribution in [0.25, 0.3) is 17.3 Å². The van der Waals surface area contributed by atoms with Crippen molar-refractivity contribution in [1.82, 2.24) is 9.78 Å². The number of alkyl halides is 3. The number of rotatable bonds is 6. The van der Waals surface area contributed by atoms with Crippen molar-refractivity contribution in [2.75, 3.05) is 7.11 Å². The van der Waals surface area contributed by atoms with Crippen molar-refractivity contribution in [3.8, 4) is 5.69 Å². The van der Waals surface area contributed by atoms with Crippen LogP contribution in [-0.4, -0.2) is 22.9 Å². The van der Waals surface area contributed by atoms with Gasteiger partial charge in [0.25, 0.3) is 0 Å². The first-order valence-corrected chi connectivity index (χ1v) is 9.79. The number of hydrogen-bond acceptors (Lipinski definition) is 3. The quantitative estimate of drug-likeness (QED) is 0.344. The van der Waals surface area contributed by atoms with Gasteiger partial charge in [0.2, 0.25) is 0 Å². The van der Waals surface area contributed by atoms with Gasteiger partial charge in [0.05, 0.1) is 30.1 Å². The molecule has 0 aliphatic heterocycles. The number of aromatic nitrogens is 2. The van der Waals surface area contributed by atoms with Crippen LogP contribution in [0.1, 0.15) is 47.3 Å². The highest BCUT2D eigenvalue weighted by Crippen LogP contribution is 2.29. The summed E-state index contributed by atoms with van der Waals surface area (Å²) in [5.74, 6) is 0.0273. The minimum atomic E-state index is -4.42. The molecule has 0 unspecified atom stereocenters. The Morgan fingerprint density at radius 1 is 1.06 bits per heavy atom. The van der Waals surface area contributed by atoms with Crippen molar-refractivity contribution >= 4 is 17.6 Å². The van der Waals surface area contributed by atoms with E-state index in [1.54, 1.807) is 24.3 Å². The number of halogens is 3. The van der Waals surface area contributed by atoms with E-state index in [2.05, 4.69) is 18.9 Å². The third-order valence-electron chi connectivity index (χ3n) is 4.71. The highest BCUT2D eigenvalue weighted by molar-refractivity contribution is 5.90. The number of hydrogen-bond donors (Lipinski definition) is 0. The number of benzene rings is 2. The zero-order valence-corrected chi connectivity index (χ0v) is 17.5. The van der Waals surface area contributed by atoms with Gasteiger partial charge >= 0.3 is 12.1 Å². The summed E-state index contributed by atoms with van der Waals surface area (Å²) < 4.78 is 44.3. The Balaban J connectivity index is 1.87. The number of allylic oxidation sites excluding steroid dienone is 1. The van der Waals surface area contributed by atoms with Crippen molar-refractivity contribution < 1.29 is 22.7 Å². The lowest BCUT2D eigenvalue weighted by Crippen LogP contribution is -2.03. The van der Waals surface area contributed by atoms with Gasteiger partial charge in [0, 0.05) is 6.20 Å². The molecule has 7 heteroatoms. The minimum absolute atomic E-state index is 0.385. The van der Waals surface area contributed by atoms with Crippen LogP contribution in [0.2, 0.25) is 0 Å². The summed E-state index contributed by atoms with van der Waals surface area (Å²) in [5, 5.41) is 3.80. The fourth-order valence-corrected chi connectivity index (χ4v) is 3.17. The van der Waals surface area contributed by atoms with Gasteiger partial charge in [-0.3, -0.25) is 0 Å². The largest absolute Gasteiger partial charge is 0.465 e. The second kappa shape index (κ2) is 9.20. The van der Waals surface area contributed by atoms with Crippen LogP contribution in [-0.2, 0) is 10.9 Å². The second-order valence-electron chi connectivity index (χ2n) is 7.60. The topological polar surface area (TPSA) is 44.1 Å². The Morgan fingerprint density at radius 3 is 2.19 bits per heavy atom. The molecule has 2 aromatic carbocycles. The predicted octanol–water partition coefficient (Wildman–Crippen LogP) is 6.26. The van der Waals surface area contributed by atoms with Gasteiger partial charge in [-0.1, -0.05) is 44.2 Å². The summed E-state index contributed by atoms with van der Waals surface area (Å²) in [5.41, 5.74) is 3.24. The van der Waals surface area contributed by atoms with Gasteiger partial charge in [-0.15, -0.1) is 0 Å². The molecule has 0 radical (unpaired) electrons. The molecule has 0 N–H and O–H groups in total. The van der Waals surface area contributed by atoms with Crippen molar-refractivity contribution in [3.05, 3.63) is 83.2 Å². The van der Waals surface area contributed by atoms with E-state index in [0.717, 1.165) is 35.5 Å². The van der Waals surface area contributed by atoms with Crippen molar-refractivity contribution in [2.45, 2.75) is 26.4 Å². The first kappa shape index (κ1) is 22.3. The number of carbonyl (C=O) groups excluding carboxylic acids is 1. The predicted molar refractivity (Wildman–Crippen MR) is 114 cm³/mol. The Kier molecular flexibility index (Phi) is 6.63. The van der Waals surface area contributed by atoms with Crippen LogP contribution in [0.15, 0.2) is 60.9 Å². The molecule has 0 fully saturated rings. The molecule has 31 heavy (non-hydrogen) atoms. The minimum Gasteiger partial charge on any atom is -0.465 e. The summed E-state index contributed by atoms with van der Waals surface area (Å²) in [6.45, 7) is 4.24. The molecule has 0 saturated carbocycles. The Hall–Kier alpha value is -3.35. The molecule has 0 atom stereocenters. The first-order chi connectivity index (χ1) is 14.7. The summed E-state index contributed by atoms with van der Waals surface area (Å²) in [7, 11) is 1.34. The molecule has 162 valence electrons. The molecule has 3 rings (SSSR count). The molecular weight excluding hydrogens is 405 g/mol. The normalized spacial score (nSPS) is 12.3. The lowest BCUT2D eigenvalue weighted by molar-refractivity contribution is -0.137. The molecule has 1 heterocycles. The number of carbonyl (C=O) groups is 1. The van der Waals surface area contributed by atoms with Gasteiger partial charge in [0.1, 0.15) is 0 Å². The molecule has 0 bridgehead atoms. The van der Waals surface area contributed by atoms with Gasteiger partial charge in [-0.05, 0) is 53.3 Å². The second-order valence-corrected chi connectivity index (χ2v) is 7.60. The van der Waals surface area contributed by atoms with Crippen LogP contribution in [0, 0.1) is 5.92 Å². The summed E-state index contributed by atoms with van der Waals surface area (Å²) in [6.07, 6.45) is 0.231. The van der Waals surface area contributed by atoms with E-state index in [4.69, 9.17) is 4.74 Å². The van der Waals surface area contributed by atoms with E-state index in [0.29, 0.717) is 17.2 Å². The average molecular weight is 428 g/mol. The smallest absolute Gasteiger partial charge is 0.419 e. The molecule has 0 saturated heterocycles. The van der Waals surface area contributed by atoms with Crippen LogP contribution in [0.5, 0.6) is 0 Å². The third kappa shape index (κ3) is 5.63. The standard InChI is InChI=1S/C24H23F3N2O2/c1-16(2)12-20(18-6-8-19(9-7-18)23(30)31-3)13-17-4-10-22(11-5-17)29-15-21(14-28-29)24(25,26)27/h4-11,13-16H,12H2,1-3H3/b20-13+. The molecule has 3 aromatic rings. The number of nitrogens with zero attached hydrogens (tertiary/aromatic N) is 2. The Bertz CT molecular complexity index is 1060. The van der Waals surface area contributed by atoms with E-state index in [-0.39, 0.29) is 5.97 Å². The summed E-state index contributed by atoms with van der Waals surface area (Å²) >= 11 is 0. The highest BCUT2D eigenvalue weighted by atomic mass is 19.4. The van der Waals surface area contributed by atoms with Crippen LogP contribution < -0.4 is 0 Å². The van der Waals surface area contributed by atoms with E-state index in [1.165, 1.54) is 11.8 Å². The Labute approximate surface area is 179 Å². The molecule has 1 aromatic heterocycles. The molecule has 0 amide bonds. The zero-order valence-electron chi connectivity index (χ0n) is 17.5. The zero-order chi connectivity index (χ0) is 22.6. The summed E-state index contributed by atoms with van der Waals surface area (Å²) in [6, 6.07) is 14.4. The summed E-state index contributed by atoms with van der Waals surface area (Å²) in [4.78, 5) is 11.7. The SMILES string of the molecule is COC(=O)c1ccc(/C(=C/c2ccc(-n3cc(C(F)(F)F)cn3)cc2)CC(C)C)cc1.